The minimum absolute atomic E-state index is 0.914. The lowest BCUT2D eigenvalue weighted by Gasteiger charge is -2.18. The second-order valence-corrected chi connectivity index (χ2v) is 19.0. The molecule has 4 heterocycles. The number of fused-ring (bicyclic) bond motifs is 6. The van der Waals surface area contributed by atoms with Crippen molar-refractivity contribution in [3.05, 3.63) is 279 Å². The van der Waals surface area contributed by atoms with E-state index in [1.807, 2.05) is 0 Å². The van der Waals surface area contributed by atoms with Gasteiger partial charge in [-0.2, -0.15) is 0 Å². The number of benzene rings is 10. The van der Waals surface area contributed by atoms with Crippen LogP contribution in [0.3, 0.4) is 0 Å². The molecule has 74 heavy (non-hydrogen) atoms. The van der Waals surface area contributed by atoms with Gasteiger partial charge in [-0.25, -0.2) is 9.97 Å². The molecule has 0 bridgehead atoms. The molecule has 0 N–H and O–H groups in total. The molecule has 0 saturated heterocycles. The quantitative estimate of drug-likeness (QED) is 0.145. The van der Waals surface area contributed by atoms with Gasteiger partial charge in [-0.15, -0.1) is 0 Å². The molecule has 14 aromatic rings. The van der Waals surface area contributed by atoms with Crippen LogP contribution in [0.15, 0.2) is 279 Å². The molecule has 0 atom stereocenters. The lowest BCUT2D eigenvalue weighted by Crippen LogP contribution is -2.00. The third-order valence-corrected chi connectivity index (χ3v) is 14.4. The van der Waals surface area contributed by atoms with E-state index in [1.54, 1.807) is 0 Å². The van der Waals surface area contributed by atoms with Crippen LogP contribution < -0.4 is 0 Å². The Morgan fingerprint density at radius 2 is 0.419 bits per heavy atom. The molecular formula is C70H46N4. The first-order valence-electron chi connectivity index (χ1n) is 25.2. The van der Waals surface area contributed by atoms with E-state index in [-0.39, 0.29) is 0 Å². The van der Waals surface area contributed by atoms with Crippen molar-refractivity contribution in [3.8, 4) is 89.8 Å². The van der Waals surface area contributed by atoms with Gasteiger partial charge in [0.25, 0.3) is 0 Å². The molecular weight excluding hydrogens is 897 g/mol. The Labute approximate surface area is 429 Å². The summed E-state index contributed by atoms with van der Waals surface area (Å²) in [5, 5.41) is 4.88. The highest BCUT2D eigenvalue weighted by molar-refractivity contribution is 6.11. The molecule has 0 saturated carbocycles. The van der Waals surface area contributed by atoms with Crippen LogP contribution in [0.25, 0.3) is 133 Å². The van der Waals surface area contributed by atoms with Crippen LogP contribution in [0.4, 0.5) is 0 Å². The summed E-state index contributed by atoms with van der Waals surface area (Å²) >= 11 is 0. The number of nitrogens with zero attached hydrogens (tertiary/aromatic N) is 4. The molecule has 0 aliphatic rings. The highest BCUT2D eigenvalue weighted by atomic mass is 15.0. The van der Waals surface area contributed by atoms with Crippen molar-refractivity contribution in [2.45, 2.75) is 0 Å². The predicted molar refractivity (Wildman–Crippen MR) is 309 cm³/mol. The summed E-state index contributed by atoms with van der Waals surface area (Å²) < 4.78 is 4.89. The molecule has 0 amide bonds. The van der Waals surface area contributed by atoms with Crippen LogP contribution in [0, 0.1) is 0 Å². The summed E-state index contributed by atoms with van der Waals surface area (Å²) in [5.41, 5.74) is 21.2. The Hall–Kier alpha value is -9.90. The lowest BCUT2D eigenvalue weighted by molar-refractivity contribution is 1.13. The van der Waals surface area contributed by atoms with E-state index in [4.69, 9.17) is 9.97 Å². The largest absolute Gasteiger partial charge is 0.309 e. The topological polar surface area (TPSA) is 35.6 Å². The van der Waals surface area contributed by atoms with E-state index >= 15 is 0 Å². The Balaban J connectivity index is 1.08. The van der Waals surface area contributed by atoms with Gasteiger partial charge in [0, 0.05) is 55.2 Å². The predicted octanol–water partition coefficient (Wildman–Crippen LogP) is 18.3. The highest BCUT2D eigenvalue weighted by Crippen LogP contribution is 2.42. The number of hydrogen-bond acceptors (Lipinski definition) is 2. The standard InChI is InChI=1S/C70H46N4/c1-5-21-47(22-6-1)63-42-55(43-64(71-63)48-23-7-2-8-24-48)52-37-51(38-53(39-52)56-44-65(49-25-9-3-10-26-49)72-66(45-56)50-27-11-4-12-28-50)54-40-57(73-67-33-17-13-29-59(67)60-30-14-18-34-68(60)73)46-58(41-54)74-69-35-19-15-31-61(69)62-32-16-20-36-70(62)74/h1-46H. The maximum atomic E-state index is 5.32. The molecule has 346 valence electrons. The molecule has 0 unspecified atom stereocenters. The Morgan fingerprint density at radius 3 is 0.703 bits per heavy atom. The molecule has 0 fully saturated rings. The van der Waals surface area contributed by atoms with Crippen LogP contribution >= 0.6 is 0 Å². The number of rotatable bonds is 9. The molecule has 4 heteroatoms. The SMILES string of the molecule is c1ccc(-c2cc(-c3cc(-c4cc(-n5c6ccccc6c6ccccc65)cc(-n5c6ccccc6c6ccccc65)c4)cc(-c4cc(-c5ccccc5)nc(-c5ccccc5)c4)c3)cc(-c3ccccc3)n2)cc1. The first-order valence-corrected chi connectivity index (χ1v) is 25.2. The van der Waals surface area contributed by atoms with E-state index in [0.29, 0.717) is 0 Å². The number of para-hydroxylation sites is 4. The van der Waals surface area contributed by atoms with Crippen LogP contribution in [0.5, 0.6) is 0 Å². The summed E-state index contributed by atoms with van der Waals surface area (Å²) in [6, 6.07) is 100. The third-order valence-electron chi connectivity index (χ3n) is 14.4. The second-order valence-electron chi connectivity index (χ2n) is 19.0. The lowest BCUT2D eigenvalue weighted by atomic mass is 9.91. The molecule has 0 spiro atoms. The van der Waals surface area contributed by atoms with Gasteiger partial charge in [0.15, 0.2) is 0 Å². The van der Waals surface area contributed by atoms with Crippen molar-refractivity contribution in [1.29, 1.82) is 0 Å². The zero-order valence-corrected chi connectivity index (χ0v) is 40.3. The van der Waals surface area contributed by atoms with Gasteiger partial charge in [0.2, 0.25) is 0 Å². The molecule has 0 aliphatic heterocycles. The minimum Gasteiger partial charge on any atom is -0.309 e. The number of hydrogen-bond donors (Lipinski definition) is 0. The van der Waals surface area contributed by atoms with Gasteiger partial charge in [-0.1, -0.05) is 194 Å². The third kappa shape index (κ3) is 7.65. The summed E-state index contributed by atoms with van der Waals surface area (Å²) in [6.07, 6.45) is 0. The molecule has 0 radical (unpaired) electrons. The second kappa shape index (κ2) is 18.1. The highest BCUT2D eigenvalue weighted by Gasteiger charge is 2.20. The van der Waals surface area contributed by atoms with E-state index in [2.05, 4.69) is 288 Å². The minimum atomic E-state index is 0.914. The summed E-state index contributed by atoms with van der Waals surface area (Å²) in [7, 11) is 0. The van der Waals surface area contributed by atoms with Crippen molar-refractivity contribution in [3.63, 3.8) is 0 Å². The number of aromatic nitrogens is 4. The zero-order chi connectivity index (χ0) is 49.0. The van der Waals surface area contributed by atoms with Gasteiger partial charge in [-0.05, 0) is 118 Å². The zero-order valence-electron chi connectivity index (χ0n) is 40.3. The molecule has 0 aliphatic carbocycles. The van der Waals surface area contributed by atoms with Crippen LogP contribution in [-0.2, 0) is 0 Å². The first kappa shape index (κ1) is 42.9. The van der Waals surface area contributed by atoms with Gasteiger partial charge in [0.05, 0.1) is 44.8 Å². The van der Waals surface area contributed by atoms with Crippen molar-refractivity contribution in [2.75, 3.05) is 0 Å². The Morgan fingerprint density at radius 1 is 0.189 bits per heavy atom. The average Bonchev–Trinajstić information content (AvgIpc) is 4.01. The molecule has 10 aromatic carbocycles. The number of pyridine rings is 2. The van der Waals surface area contributed by atoms with Gasteiger partial charge < -0.3 is 9.13 Å². The normalized spacial score (nSPS) is 11.5. The summed E-state index contributed by atoms with van der Waals surface area (Å²) in [6.45, 7) is 0. The fraction of sp³-hybridized carbons (Fsp3) is 0. The van der Waals surface area contributed by atoms with Crippen LogP contribution in [0.1, 0.15) is 0 Å². The van der Waals surface area contributed by atoms with Crippen molar-refractivity contribution in [1.82, 2.24) is 19.1 Å². The van der Waals surface area contributed by atoms with Crippen molar-refractivity contribution < 1.29 is 0 Å². The van der Waals surface area contributed by atoms with Crippen molar-refractivity contribution >= 4 is 43.6 Å². The van der Waals surface area contributed by atoms with E-state index in [0.717, 1.165) is 112 Å². The average molecular weight is 943 g/mol. The van der Waals surface area contributed by atoms with Crippen molar-refractivity contribution in [2.24, 2.45) is 0 Å². The molecule has 14 rings (SSSR count). The Kier molecular flexibility index (Phi) is 10.5. The fourth-order valence-electron chi connectivity index (χ4n) is 11.0. The van der Waals surface area contributed by atoms with Crippen LogP contribution in [-0.4, -0.2) is 19.1 Å². The fourth-order valence-corrected chi connectivity index (χ4v) is 11.0. The van der Waals surface area contributed by atoms with E-state index in [9.17, 15) is 0 Å². The maximum absolute atomic E-state index is 5.32. The van der Waals surface area contributed by atoms with Crippen LogP contribution in [0.2, 0.25) is 0 Å². The maximum Gasteiger partial charge on any atom is 0.0715 e. The molecule has 4 nitrogen and oxygen atoms in total. The summed E-state index contributed by atoms with van der Waals surface area (Å²) in [4.78, 5) is 10.6. The Bertz CT molecular complexity index is 3900. The van der Waals surface area contributed by atoms with Gasteiger partial charge >= 0.3 is 0 Å². The first-order chi connectivity index (χ1) is 36.7. The van der Waals surface area contributed by atoms with Gasteiger partial charge in [0.1, 0.15) is 0 Å². The van der Waals surface area contributed by atoms with E-state index in [1.165, 1.54) is 21.5 Å². The smallest absolute Gasteiger partial charge is 0.0715 e. The van der Waals surface area contributed by atoms with Gasteiger partial charge in [-0.3, -0.25) is 0 Å². The monoisotopic (exact) mass is 942 g/mol. The molecule has 4 aromatic heterocycles. The van der Waals surface area contributed by atoms with E-state index < -0.39 is 0 Å². The summed E-state index contributed by atoms with van der Waals surface area (Å²) in [5.74, 6) is 0.